The van der Waals surface area contributed by atoms with Gasteiger partial charge in [0.1, 0.15) is 0 Å². The van der Waals surface area contributed by atoms with Crippen molar-refractivity contribution in [2.75, 3.05) is 5.73 Å². The number of halogens is 1. The largest absolute Gasteiger partial charge is 0.487 e. The van der Waals surface area contributed by atoms with Gasteiger partial charge in [0.25, 0.3) is 0 Å². The van der Waals surface area contributed by atoms with Gasteiger partial charge in [-0.25, -0.2) is 4.39 Å². The number of anilines is 1. The fraction of sp³-hybridized carbons (Fsp3) is 0.333. The van der Waals surface area contributed by atoms with Crippen molar-refractivity contribution in [1.29, 1.82) is 0 Å². The minimum absolute atomic E-state index is 0.210. The molecule has 0 bridgehead atoms. The molecule has 1 aliphatic rings. The number of hydrogen-bond donors (Lipinski definition) is 1. The van der Waals surface area contributed by atoms with Crippen molar-refractivity contribution in [3.8, 4) is 5.75 Å². The third-order valence-corrected chi connectivity index (χ3v) is 1.77. The molecular weight excluding hydrogens is 157 g/mol. The van der Waals surface area contributed by atoms with E-state index in [4.69, 9.17) is 10.5 Å². The van der Waals surface area contributed by atoms with Crippen LogP contribution in [0, 0.1) is 5.82 Å². The summed E-state index contributed by atoms with van der Waals surface area (Å²) in [5.74, 6) is -0.0615. The maximum absolute atomic E-state index is 13.0. The summed E-state index contributed by atoms with van der Waals surface area (Å²) in [4.78, 5) is 0. The van der Waals surface area contributed by atoms with E-state index in [2.05, 4.69) is 0 Å². The Morgan fingerprint density at radius 1 is 1.42 bits per heavy atom. The number of benzene rings is 1. The Morgan fingerprint density at radius 2 is 2.17 bits per heavy atom. The van der Waals surface area contributed by atoms with E-state index in [-0.39, 0.29) is 17.7 Å². The lowest BCUT2D eigenvalue weighted by molar-refractivity contribution is 0.288. The van der Waals surface area contributed by atoms with Gasteiger partial charge >= 0.3 is 0 Å². The van der Waals surface area contributed by atoms with Crippen LogP contribution in [0.5, 0.6) is 5.75 Å². The van der Waals surface area contributed by atoms with Gasteiger partial charge < -0.3 is 10.5 Å². The molecule has 1 aliphatic carbocycles. The molecule has 0 radical (unpaired) electrons. The highest BCUT2D eigenvalue weighted by molar-refractivity contribution is 5.44. The summed E-state index contributed by atoms with van der Waals surface area (Å²) >= 11 is 0. The van der Waals surface area contributed by atoms with E-state index in [1.807, 2.05) is 0 Å². The smallest absolute Gasteiger partial charge is 0.165 e. The molecule has 0 amide bonds. The fourth-order valence-corrected chi connectivity index (χ4v) is 0.976. The zero-order valence-corrected chi connectivity index (χ0v) is 6.59. The van der Waals surface area contributed by atoms with Crippen LogP contribution < -0.4 is 10.5 Å². The molecule has 1 aromatic rings. The number of nitrogens with two attached hydrogens (primary N) is 1. The van der Waals surface area contributed by atoms with Crippen LogP contribution in [0.2, 0.25) is 0 Å². The zero-order chi connectivity index (χ0) is 8.55. The van der Waals surface area contributed by atoms with E-state index in [1.54, 1.807) is 0 Å². The minimum Gasteiger partial charge on any atom is -0.487 e. The van der Waals surface area contributed by atoms with Gasteiger partial charge in [0.05, 0.1) is 6.10 Å². The monoisotopic (exact) mass is 167 g/mol. The van der Waals surface area contributed by atoms with Crippen molar-refractivity contribution in [3.63, 3.8) is 0 Å². The van der Waals surface area contributed by atoms with Gasteiger partial charge in [0, 0.05) is 11.8 Å². The van der Waals surface area contributed by atoms with E-state index < -0.39 is 0 Å². The first-order chi connectivity index (χ1) is 5.75. The van der Waals surface area contributed by atoms with E-state index in [0.717, 1.165) is 12.8 Å². The zero-order valence-electron chi connectivity index (χ0n) is 6.59. The van der Waals surface area contributed by atoms with Crippen molar-refractivity contribution in [2.45, 2.75) is 18.9 Å². The normalized spacial score (nSPS) is 16.1. The summed E-state index contributed by atoms with van der Waals surface area (Å²) < 4.78 is 18.3. The molecule has 2 nitrogen and oxygen atoms in total. The number of nitrogen functional groups attached to an aromatic ring is 1. The molecule has 12 heavy (non-hydrogen) atoms. The molecule has 3 heteroatoms. The molecule has 0 heterocycles. The average Bonchev–Trinajstić information content (AvgIpc) is 2.81. The first-order valence-corrected chi connectivity index (χ1v) is 3.97. The molecule has 2 rings (SSSR count). The summed E-state index contributed by atoms with van der Waals surface area (Å²) in [6.45, 7) is 0. The highest BCUT2D eigenvalue weighted by Gasteiger charge is 2.24. The van der Waals surface area contributed by atoms with Gasteiger partial charge in [-0.15, -0.1) is 0 Å². The molecule has 1 saturated carbocycles. The third kappa shape index (κ3) is 1.49. The number of ether oxygens (including phenoxy) is 1. The lowest BCUT2D eigenvalue weighted by Gasteiger charge is -2.05. The van der Waals surface area contributed by atoms with Gasteiger partial charge in [0.15, 0.2) is 11.6 Å². The van der Waals surface area contributed by atoms with E-state index in [1.165, 1.54) is 18.2 Å². The van der Waals surface area contributed by atoms with Crippen molar-refractivity contribution in [2.24, 2.45) is 0 Å². The average molecular weight is 167 g/mol. The van der Waals surface area contributed by atoms with Crippen LogP contribution in [0.25, 0.3) is 0 Å². The Kier molecular flexibility index (Phi) is 1.64. The van der Waals surface area contributed by atoms with Gasteiger partial charge in [-0.1, -0.05) is 0 Å². The van der Waals surface area contributed by atoms with Crippen LogP contribution in [0.1, 0.15) is 12.8 Å². The fourth-order valence-electron chi connectivity index (χ4n) is 0.976. The highest BCUT2D eigenvalue weighted by atomic mass is 19.1. The molecule has 64 valence electrons. The van der Waals surface area contributed by atoms with Gasteiger partial charge in [-0.2, -0.15) is 0 Å². The van der Waals surface area contributed by atoms with Crippen molar-refractivity contribution >= 4 is 5.69 Å². The molecule has 0 atom stereocenters. The molecule has 2 N–H and O–H groups in total. The summed E-state index contributed by atoms with van der Waals surface area (Å²) in [7, 11) is 0. The quantitative estimate of drug-likeness (QED) is 0.683. The maximum atomic E-state index is 13.0. The van der Waals surface area contributed by atoms with E-state index in [9.17, 15) is 4.39 Å². The molecule has 0 aromatic heterocycles. The number of hydrogen-bond acceptors (Lipinski definition) is 2. The van der Waals surface area contributed by atoms with E-state index >= 15 is 0 Å². The molecule has 0 aliphatic heterocycles. The Hall–Kier alpha value is -1.25. The summed E-state index contributed by atoms with van der Waals surface area (Å²) in [5.41, 5.74) is 6.01. The van der Waals surface area contributed by atoms with Crippen molar-refractivity contribution < 1.29 is 9.13 Å². The Labute approximate surface area is 70.1 Å². The summed E-state index contributed by atoms with van der Waals surface area (Å²) in [6, 6.07) is 4.37. The minimum atomic E-state index is -0.337. The standard InChI is InChI=1S/C9H10FNO/c10-8-4-1-6(11)5-9(8)12-7-2-3-7/h1,4-5,7H,2-3,11H2. The SMILES string of the molecule is Nc1ccc(F)c(OC2CC2)c1. The Balaban J connectivity index is 2.21. The molecule has 0 unspecified atom stereocenters. The topological polar surface area (TPSA) is 35.2 Å². The van der Waals surface area contributed by atoms with Crippen molar-refractivity contribution in [3.05, 3.63) is 24.0 Å². The van der Waals surface area contributed by atoms with Gasteiger partial charge in [0.2, 0.25) is 0 Å². The van der Waals surface area contributed by atoms with Crippen molar-refractivity contribution in [1.82, 2.24) is 0 Å². The van der Waals surface area contributed by atoms with Crippen LogP contribution in [0.15, 0.2) is 18.2 Å². The molecule has 1 aromatic carbocycles. The maximum Gasteiger partial charge on any atom is 0.165 e. The molecule has 1 fully saturated rings. The predicted molar refractivity (Wildman–Crippen MR) is 44.5 cm³/mol. The van der Waals surface area contributed by atoms with Gasteiger partial charge in [-0.05, 0) is 25.0 Å². The van der Waals surface area contributed by atoms with Crippen LogP contribution in [-0.4, -0.2) is 6.10 Å². The second-order valence-corrected chi connectivity index (χ2v) is 3.01. The van der Waals surface area contributed by atoms with Crippen LogP contribution in [0.4, 0.5) is 10.1 Å². The molecular formula is C9H10FNO. The molecule has 0 spiro atoms. The first kappa shape index (κ1) is 7.40. The lowest BCUT2D eigenvalue weighted by Crippen LogP contribution is -1.99. The van der Waals surface area contributed by atoms with Gasteiger partial charge in [-0.3, -0.25) is 0 Å². The van der Waals surface area contributed by atoms with Crippen LogP contribution >= 0.6 is 0 Å². The summed E-state index contributed by atoms with van der Waals surface area (Å²) in [5, 5.41) is 0. The van der Waals surface area contributed by atoms with Crippen LogP contribution in [0.3, 0.4) is 0 Å². The Bertz CT molecular complexity index is 297. The second kappa shape index (κ2) is 2.66. The molecule has 0 saturated heterocycles. The number of rotatable bonds is 2. The van der Waals surface area contributed by atoms with E-state index in [0.29, 0.717) is 5.69 Å². The van der Waals surface area contributed by atoms with Crippen LogP contribution in [-0.2, 0) is 0 Å². The summed E-state index contributed by atoms with van der Waals surface area (Å²) in [6.07, 6.45) is 2.25. The Morgan fingerprint density at radius 3 is 2.83 bits per heavy atom. The lowest BCUT2D eigenvalue weighted by atomic mass is 10.3. The third-order valence-electron chi connectivity index (χ3n) is 1.77. The second-order valence-electron chi connectivity index (χ2n) is 3.01. The highest BCUT2D eigenvalue weighted by Crippen LogP contribution is 2.29. The first-order valence-electron chi connectivity index (χ1n) is 3.97. The predicted octanol–water partition coefficient (Wildman–Crippen LogP) is 1.95.